The summed E-state index contributed by atoms with van der Waals surface area (Å²) < 4.78 is 5.62. The Kier molecular flexibility index (Phi) is 6.49. The van der Waals surface area contributed by atoms with Crippen LogP contribution in [0.15, 0.2) is 40.3 Å². The third-order valence-electron chi connectivity index (χ3n) is 4.60. The number of furan rings is 1. The molecule has 2 aromatic heterocycles. The number of likely N-dealkylation sites (tertiary alicyclic amines) is 1. The SMILES string of the molecule is O=C(CCCc1cccs1)NCC(c1ccco1)N1CCCCC1. The van der Waals surface area contributed by atoms with Gasteiger partial charge in [0.05, 0.1) is 12.3 Å². The highest BCUT2D eigenvalue weighted by atomic mass is 32.1. The van der Waals surface area contributed by atoms with Gasteiger partial charge < -0.3 is 9.73 Å². The first-order valence-corrected chi connectivity index (χ1v) is 9.77. The average Bonchev–Trinajstić information content (AvgIpc) is 3.30. The van der Waals surface area contributed by atoms with Gasteiger partial charge in [-0.25, -0.2) is 0 Å². The second kappa shape index (κ2) is 9.04. The first kappa shape index (κ1) is 17.2. The van der Waals surface area contributed by atoms with Gasteiger partial charge in [0.1, 0.15) is 5.76 Å². The number of thiophene rings is 1. The average molecular weight is 346 g/mol. The zero-order valence-electron chi connectivity index (χ0n) is 14.1. The van der Waals surface area contributed by atoms with Crippen LogP contribution in [0.1, 0.15) is 48.8 Å². The Bertz CT molecular complexity index is 589. The second-order valence-electron chi connectivity index (χ2n) is 6.36. The number of rotatable bonds is 8. The van der Waals surface area contributed by atoms with Crippen LogP contribution in [0.25, 0.3) is 0 Å². The van der Waals surface area contributed by atoms with Crippen LogP contribution in [0.4, 0.5) is 0 Å². The normalized spacial score (nSPS) is 16.8. The first-order valence-electron chi connectivity index (χ1n) is 8.89. The molecule has 1 N–H and O–H groups in total. The van der Waals surface area contributed by atoms with E-state index in [2.05, 4.69) is 27.7 Å². The minimum atomic E-state index is 0.139. The van der Waals surface area contributed by atoms with Crippen molar-refractivity contribution in [2.45, 2.75) is 44.6 Å². The van der Waals surface area contributed by atoms with E-state index in [4.69, 9.17) is 4.42 Å². The van der Waals surface area contributed by atoms with Crippen LogP contribution < -0.4 is 5.32 Å². The summed E-state index contributed by atoms with van der Waals surface area (Å²) in [7, 11) is 0. The van der Waals surface area contributed by atoms with Gasteiger partial charge in [-0.2, -0.15) is 0 Å². The van der Waals surface area contributed by atoms with Gasteiger partial charge >= 0.3 is 0 Å². The highest BCUT2D eigenvalue weighted by Gasteiger charge is 2.24. The molecule has 1 aliphatic heterocycles. The van der Waals surface area contributed by atoms with Gasteiger partial charge in [-0.3, -0.25) is 9.69 Å². The lowest BCUT2D eigenvalue weighted by Crippen LogP contribution is -2.40. The van der Waals surface area contributed by atoms with Gasteiger partial charge in [-0.1, -0.05) is 12.5 Å². The summed E-state index contributed by atoms with van der Waals surface area (Å²) in [5.41, 5.74) is 0. The van der Waals surface area contributed by atoms with E-state index >= 15 is 0 Å². The van der Waals surface area contributed by atoms with Crippen molar-refractivity contribution in [3.8, 4) is 0 Å². The number of hydrogen-bond donors (Lipinski definition) is 1. The maximum Gasteiger partial charge on any atom is 0.220 e. The van der Waals surface area contributed by atoms with Crippen LogP contribution in [0.3, 0.4) is 0 Å². The fourth-order valence-corrected chi connectivity index (χ4v) is 4.05. The molecule has 1 unspecified atom stereocenters. The molecular weight excluding hydrogens is 320 g/mol. The van der Waals surface area contributed by atoms with Gasteiger partial charge in [0.25, 0.3) is 0 Å². The lowest BCUT2D eigenvalue weighted by Gasteiger charge is -2.33. The van der Waals surface area contributed by atoms with E-state index in [1.54, 1.807) is 17.6 Å². The van der Waals surface area contributed by atoms with Gasteiger partial charge in [0.15, 0.2) is 0 Å². The van der Waals surface area contributed by atoms with E-state index in [1.807, 2.05) is 12.1 Å². The van der Waals surface area contributed by atoms with Crippen LogP contribution >= 0.6 is 11.3 Å². The van der Waals surface area contributed by atoms with Gasteiger partial charge in [0.2, 0.25) is 5.91 Å². The number of amides is 1. The summed E-state index contributed by atoms with van der Waals surface area (Å²) >= 11 is 1.76. The molecule has 1 amide bonds. The number of nitrogens with zero attached hydrogens (tertiary/aromatic N) is 1. The molecule has 1 aliphatic rings. The molecule has 130 valence electrons. The largest absolute Gasteiger partial charge is 0.468 e. The molecule has 0 aliphatic carbocycles. The van der Waals surface area contributed by atoms with Gasteiger partial charge in [0, 0.05) is 17.8 Å². The molecule has 5 heteroatoms. The highest BCUT2D eigenvalue weighted by molar-refractivity contribution is 7.09. The molecule has 0 saturated carbocycles. The quantitative estimate of drug-likeness (QED) is 0.785. The Balaban J connectivity index is 1.46. The van der Waals surface area contributed by atoms with Crippen molar-refractivity contribution in [1.82, 2.24) is 10.2 Å². The van der Waals surface area contributed by atoms with E-state index in [9.17, 15) is 4.79 Å². The monoisotopic (exact) mass is 346 g/mol. The fraction of sp³-hybridized carbons (Fsp3) is 0.526. The van der Waals surface area contributed by atoms with E-state index in [1.165, 1.54) is 24.1 Å². The van der Waals surface area contributed by atoms with Crippen molar-refractivity contribution >= 4 is 17.2 Å². The summed E-state index contributed by atoms with van der Waals surface area (Å²) in [4.78, 5) is 16.0. The minimum absolute atomic E-state index is 0.139. The maximum atomic E-state index is 12.2. The Labute approximate surface area is 147 Å². The summed E-state index contributed by atoms with van der Waals surface area (Å²) in [6, 6.07) is 8.29. The summed E-state index contributed by atoms with van der Waals surface area (Å²) in [6.07, 6.45) is 7.95. The number of piperidine rings is 1. The maximum absolute atomic E-state index is 12.2. The van der Waals surface area contributed by atoms with Crippen molar-refractivity contribution in [3.05, 3.63) is 46.5 Å². The van der Waals surface area contributed by atoms with Crippen molar-refractivity contribution < 1.29 is 9.21 Å². The van der Waals surface area contributed by atoms with E-state index in [-0.39, 0.29) is 11.9 Å². The zero-order valence-corrected chi connectivity index (χ0v) is 14.9. The summed E-state index contributed by atoms with van der Waals surface area (Å²) in [5.74, 6) is 1.09. The number of hydrogen-bond acceptors (Lipinski definition) is 4. The zero-order chi connectivity index (χ0) is 16.6. The van der Waals surface area contributed by atoms with Crippen molar-refractivity contribution in [2.24, 2.45) is 0 Å². The minimum Gasteiger partial charge on any atom is -0.468 e. The summed E-state index contributed by atoms with van der Waals surface area (Å²) in [5, 5.41) is 5.20. The molecule has 2 aromatic rings. The Morgan fingerprint density at radius 1 is 1.25 bits per heavy atom. The molecule has 4 nitrogen and oxygen atoms in total. The lowest BCUT2D eigenvalue weighted by molar-refractivity contribution is -0.121. The Morgan fingerprint density at radius 2 is 2.12 bits per heavy atom. The first-order chi connectivity index (χ1) is 11.8. The predicted octanol–water partition coefficient (Wildman–Crippen LogP) is 4.01. The molecule has 3 rings (SSSR count). The molecule has 1 fully saturated rings. The molecule has 0 radical (unpaired) electrons. The van der Waals surface area contributed by atoms with E-state index in [0.29, 0.717) is 13.0 Å². The molecule has 24 heavy (non-hydrogen) atoms. The standard InChI is InChI=1S/C19H26N2O2S/c22-19(10-4-7-16-8-6-14-24-16)20-15-17(18-9-5-13-23-18)21-11-2-1-3-12-21/h5-6,8-9,13-14,17H,1-4,7,10-12,15H2,(H,20,22). The fourth-order valence-electron chi connectivity index (χ4n) is 3.30. The predicted molar refractivity (Wildman–Crippen MR) is 97.1 cm³/mol. The van der Waals surface area contributed by atoms with Crippen LogP contribution in [-0.4, -0.2) is 30.4 Å². The smallest absolute Gasteiger partial charge is 0.220 e. The number of carbonyl (C=O) groups excluding carboxylic acids is 1. The number of carbonyl (C=O) groups is 1. The topological polar surface area (TPSA) is 45.5 Å². The third-order valence-corrected chi connectivity index (χ3v) is 5.54. The number of aryl methyl sites for hydroxylation is 1. The highest BCUT2D eigenvalue weighted by Crippen LogP contribution is 2.24. The van der Waals surface area contributed by atoms with Crippen molar-refractivity contribution in [3.63, 3.8) is 0 Å². The summed E-state index contributed by atoms with van der Waals surface area (Å²) in [6.45, 7) is 2.80. The molecule has 3 heterocycles. The van der Waals surface area contributed by atoms with Crippen LogP contribution in [0, 0.1) is 0 Å². The van der Waals surface area contributed by atoms with Gasteiger partial charge in [-0.05, 0) is 62.4 Å². The van der Waals surface area contributed by atoms with Crippen molar-refractivity contribution in [2.75, 3.05) is 19.6 Å². The number of nitrogens with one attached hydrogen (secondary N) is 1. The Hall–Kier alpha value is -1.59. The van der Waals surface area contributed by atoms with Gasteiger partial charge in [-0.15, -0.1) is 11.3 Å². The van der Waals surface area contributed by atoms with Crippen LogP contribution in [0.2, 0.25) is 0 Å². The molecule has 1 atom stereocenters. The van der Waals surface area contributed by atoms with Crippen LogP contribution in [-0.2, 0) is 11.2 Å². The van der Waals surface area contributed by atoms with Crippen LogP contribution in [0.5, 0.6) is 0 Å². The van der Waals surface area contributed by atoms with Crippen molar-refractivity contribution in [1.29, 1.82) is 0 Å². The van der Waals surface area contributed by atoms with E-state index in [0.717, 1.165) is 31.7 Å². The second-order valence-corrected chi connectivity index (χ2v) is 7.40. The molecule has 0 aromatic carbocycles. The molecule has 1 saturated heterocycles. The van der Waals surface area contributed by atoms with E-state index < -0.39 is 0 Å². The third kappa shape index (κ3) is 4.95. The lowest BCUT2D eigenvalue weighted by atomic mass is 10.1. The Morgan fingerprint density at radius 3 is 2.83 bits per heavy atom. The molecule has 0 spiro atoms. The molecular formula is C19H26N2O2S. The molecule has 0 bridgehead atoms.